The van der Waals surface area contributed by atoms with E-state index in [1.54, 1.807) is 0 Å². The number of carbonyl (C=O) groups is 1. The first-order valence-corrected chi connectivity index (χ1v) is 10.0. The Morgan fingerprint density at radius 2 is 1.88 bits per heavy atom. The van der Waals surface area contributed by atoms with E-state index >= 15 is 0 Å². The highest BCUT2D eigenvalue weighted by molar-refractivity contribution is 5.93. The normalized spacial score (nSPS) is 21.7. The van der Waals surface area contributed by atoms with Crippen molar-refractivity contribution in [1.29, 1.82) is 0 Å². The van der Waals surface area contributed by atoms with Crippen molar-refractivity contribution in [3.8, 4) is 0 Å². The number of unbranched alkanes of at least 4 members (excludes halogenated alkanes) is 1. The Kier molecular flexibility index (Phi) is 6.02. The standard InChI is InChI=1S/C22H31NO3/c1-3-4-15-23-19(17-11-7-5-8-12-17)16(2)18-20(24)22(26-21(18)25)13-9-6-10-14-22/h5,7-8,11-12,16,19,23-24H,3-4,6,9-10,13-15H2,1-2H3/t16-,19+/m0/s1. The minimum atomic E-state index is -0.760. The van der Waals surface area contributed by atoms with Crippen molar-refractivity contribution in [2.24, 2.45) is 5.92 Å². The van der Waals surface area contributed by atoms with Gasteiger partial charge in [-0.05, 0) is 44.2 Å². The van der Waals surface area contributed by atoms with Crippen molar-refractivity contribution in [2.75, 3.05) is 6.54 Å². The number of carbonyl (C=O) groups excluding carboxylic acids is 1. The van der Waals surface area contributed by atoms with Gasteiger partial charge in [-0.15, -0.1) is 0 Å². The molecular formula is C22H31NO3. The number of hydrogen-bond donors (Lipinski definition) is 2. The fraction of sp³-hybridized carbons (Fsp3) is 0.591. The van der Waals surface area contributed by atoms with Gasteiger partial charge in [0.2, 0.25) is 0 Å². The van der Waals surface area contributed by atoms with Gasteiger partial charge in [0.25, 0.3) is 0 Å². The second-order valence-corrected chi connectivity index (χ2v) is 7.69. The second-order valence-electron chi connectivity index (χ2n) is 7.69. The molecule has 1 aliphatic carbocycles. The number of aliphatic hydroxyl groups is 1. The topological polar surface area (TPSA) is 58.6 Å². The van der Waals surface area contributed by atoms with Crippen molar-refractivity contribution < 1.29 is 14.6 Å². The van der Waals surface area contributed by atoms with Crippen LogP contribution in [0.15, 0.2) is 41.7 Å². The van der Waals surface area contributed by atoms with Crippen molar-refractivity contribution in [1.82, 2.24) is 5.32 Å². The highest BCUT2D eigenvalue weighted by atomic mass is 16.6. The molecule has 142 valence electrons. The van der Waals surface area contributed by atoms with Crippen LogP contribution in [0.1, 0.15) is 70.4 Å². The Balaban J connectivity index is 1.89. The molecule has 0 radical (unpaired) electrons. The predicted molar refractivity (Wildman–Crippen MR) is 103 cm³/mol. The molecule has 1 aromatic carbocycles. The summed E-state index contributed by atoms with van der Waals surface area (Å²) in [5.74, 6) is -0.300. The Hall–Kier alpha value is -1.81. The number of rotatable bonds is 7. The summed E-state index contributed by atoms with van der Waals surface area (Å²) in [7, 11) is 0. The van der Waals surface area contributed by atoms with E-state index in [-0.39, 0.29) is 23.7 Å². The van der Waals surface area contributed by atoms with E-state index in [0.717, 1.165) is 57.1 Å². The van der Waals surface area contributed by atoms with Gasteiger partial charge in [0, 0.05) is 12.0 Å². The lowest BCUT2D eigenvalue weighted by atomic mass is 9.80. The zero-order valence-corrected chi connectivity index (χ0v) is 16.0. The molecule has 0 unspecified atom stereocenters. The molecule has 2 N–H and O–H groups in total. The summed E-state index contributed by atoms with van der Waals surface area (Å²) in [5.41, 5.74) is 0.836. The van der Waals surface area contributed by atoms with Gasteiger partial charge >= 0.3 is 5.97 Å². The minimum Gasteiger partial charge on any atom is -0.507 e. The fourth-order valence-corrected chi connectivity index (χ4v) is 4.33. The summed E-state index contributed by atoms with van der Waals surface area (Å²) >= 11 is 0. The molecule has 0 aromatic heterocycles. The number of esters is 1. The van der Waals surface area contributed by atoms with Crippen LogP contribution in [-0.2, 0) is 9.53 Å². The van der Waals surface area contributed by atoms with E-state index in [4.69, 9.17) is 4.74 Å². The summed E-state index contributed by atoms with van der Waals surface area (Å²) < 4.78 is 5.76. The van der Waals surface area contributed by atoms with Gasteiger partial charge in [0.05, 0.1) is 5.57 Å². The number of hydrogen-bond acceptors (Lipinski definition) is 4. The van der Waals surface area contributed by atoms with E-state index in [2.05, 4.69) is 24.4 Å². The fourth-order valence-electron chi connectivity index (χ4n) is 4.33. The number of nitrogens with one attached hydrogen (secondary N) is 1. The van der Waals surface area contributed by atoms with E-state index in [0.29, 0.717) is 5.57 Å². The van der Waals surface area contributed by atoms with Crippen molar-refractivity contribution >= 4 is 5.97 Å². The van der Waals surface area contributed by atoms with Gasteiger partial charge in [-0.25, -0.2) is 4.79 Å². The maximum Gasteiger partial charge on any atom is 0.338 e. The third-order valence-electron chi connectivity index (χ3n) is 5.86. The molecule has 1 aromatic rings. The monoisotopic (exact) mass is 357 g/mol. The molecule has 0 saturated heterocycles. The Morgan fingerprint density at radius 3 is 2.54 bits per heavy atom. The molecule has 1 fully saturated rings. The Bertz CT molecular complexity index is 647. The minimum absolute atomic E-state index is 0.0220. The maximum atomic E-state index is 12.7. The summed E-state index contributed by atoms with van der Waals surface area (Å²) in [6.45, 7) is 5.07. The summed E-state index contributed by atoms with van der Waals surface area (Å²) in [6, 6.07) is 10.2. The highest BCUT2D eigenvalue weighted by Crippen LogP contribution is 2.46. The van der Waals surface area contributed by atoms with Crippen LogP contribution in [0.5, 0.6) is 0 Å². The van der Waals surface area contributed by atoms with Crippen molar-refractivity contribution in [3.63, 3.8) is 0 Å². The van der Waals surface area contributed by atoms with Gasteiger partial charge < -0.3 is 15.2 Å². The second kappa shape index (κ2) is 8.26. The predicted octanol–water partition coefficient (Wildman–Crippen LogP) is 4.83. The number of aliphatic hydroxyl groups excluding tert-OH is 1. The van der Waals surface area contributed by atoms with Crippen LogP contribution in [0.3, 0.4) is 0 Å². The Morgan fingerprint density at radius 1 is 1.19 bits per heavy atom. The molecule has 1 aliphatic heterocycles. The van der Waals surface area contributed by atoms with Crippen LogP contribution in [0.2, 0.25) is 0 Å². The third-order valence-corrected chi connectivity index (χ3v) is 5.86. The molecular weight excluding hydrogens is 326 g/mol. The van der Waals surface area contributed by atoms with Gasteiger partial charge in [-0.2, -0.15) is 0 Å². The molecule has 0 bridgehead atoms. The van der Waals surface area contributed by atoms with Gasteiger partial charge in [-0.3, -0.25) is 0 Å². The van der Waals surface area contributed by atoms with Crippen LogP contribution in [0, 0.1) is 5.92 Å². The molecule has 1 saturated carbocycles. The smallest absolute Gasteiger partial charge is 0.338 e. The summed E-state index contributed by atoms with van der Waals surface area (Å²) in [6.07, 6.45) is 6.80. The van der Waals surface area contributed by atoms with Crippen LogP contribution < -0.4 is 5.32 Å². The van der Waals surface area contributed by atoms with Crippen LogP contribution in [-0.4, -0.2) is 23.2 Å². The molecule has 2 atom stereocenters. The van der Waals surface area contributed by atoms with Gasteiger partial charge in [-0.1, -0.05) is 57.0 Å². The maximum absolute atomic E-state index is 12.7. The van der Waals surface area contributed by atoms with Crippen molar-refractivity contribution in [3.05, 3.63) is 47.2 Å². The molecule has 3 rings (SSSR count). The number of benzene rings is 1. The number of ether oxygens (including phenoxy) is 1. The van der Waals surface area contributed by atoms with E-state index in [9.17, 15) is 9.90 Å². The molecule has 26 heavy (non-hydrogen) atoms. The van der Waals surface area contributed by atoms with E-state index < -0.39 is 5.60 Å². The molecule has 2 aliphatic rings. The first-order valence-electron chi connectivity index (χ1n) is 10.0. The molecule has 1 heterocycles. The first kappa shape index (κ1) is 19.0. The largest absolute Gasteiger partial charge is 0.507 e. The third kappa shape index (κ3) is 3.66. The lowest BCUT2D eigenvalue weighted by Crippen LogP contribution is -2.34. The van der Waals surface area contributed by atoms with Crippen LogP contribution in [0.4, 0.5) is 0 Å². The quantitative estimate of drug-likeness (QED) is 0.542. The SMILES string of the molecule is CCCCN[C@@H](c1ccccc1)[C@@H](C)C1=C(O)C2(CCCCC2)OC1=O. The lowest BCUT2D eigenvalue weighted by molar-refractivity contribution is -0.151. The molecule has 4 nitrogen and oxygen atoms in total. The van der Waals surface area contributed by atoms with Crippen LogP contribution >= 0.6 is 0 Å². The van der Waals surface area contributed by atoms with Crippen LogP contribution in [0.25, 0.3) is 0 Å². The van der Waals surface area contributed by atoms with E-state index in [1.165, 1.54) is 0 Å². The van der Waals surface area contributed by atoms with Gasteiger partial charge in [0.1, 0.15) is 5.76 Å². The van der Waals surface area contributed by atoms with Gasteiger partial charge in [0.15, 0.2) is 5.60 Å². The highest BCUT2D eigenvalue weighted by Gasteiger charge is 2.50. The zero-order chi connectivity index (χ0) is 18.6. The Labute approximate surface area is 156 Å². The summed E-state index contributed by atoms with van der Waals surface area (Å²) in [5, 5.41) is 14.6. The zero-order valence-electron chi connectivity index (χ0n) is 16.0. The first-order chi connectivity index (χ1) is 12.6. The average molecular weight is 357 g/mol. The lowest BCUT2D eigenvalue weighted by Gasteiger charge is -2.31. The molecule has 0 amide bonds. The van der Waals surface area contributed by atoms with E-state index in [1.807, 2.05) is 25.1 Å². The molecule has 1 spiro atoms. The average Bonchev–Trinajstić information content (AvgIpc) is 2.89. The van der Waals surface area contributed by atoms with Crippen molar-refractivity contribution in [2.45, 2.75) is 70.4 Å². The molecule has 4 heteroatoms. The summed E-state index contributed by atoms with van der Waals surface area (Å²) in [4.78, 5) is 12.7.